The van der Waals surface area contributed by atoms with Crippen molar-refractivity contribution in [2.45, 2.75) is 43.8 Å². The number of hydrogen-bond donors (Lipinski definition) is 1. The van der Waals surface area contributed by atoms with Crippen LogP contribution in [0, 0.1) is 0 Å². The van der Waals surface area contributed by atoms with E-state index in [-0.39, 0.29) is 6.42 Å². The molecular weight excluding hydrogens is 277 g/mol. The molecule has 1 aromatic carbocycles. The SMILES string of the molecule is FC(F)(F)CCCN1CC(CNC2CC2)c2ccccc21. The maximum atomic E-state index is 12.3. The van der Waals surface area contributed by atoms with Gasteiger partial charge in [-0.05, 0) is 30.9 Å². The maximum Gasteiger partial charge on any atom is 0.389 e. The smallest absolute Gasteiger partial charge is 0.371 e. The number of para-hydroxylation sites is 1. The lowest BCUT2D eigenvalue weighted by molar-refractivity contribution is -0.135. The van der Waals surface area contributed by atoms with Crippen molar-refractivity contribution in [1.29, 1.82) is 0 Å². The molecule has 0 spiro atoms. The molecule has 0 amide bonds. The van der Waals surface area contributed by atoms with Gasteiger partial charge >= 0.3 is 6.18 Å². The number of fused-ring (bicyclic) bond motifs is 1. The molecule has 21 heavy (non-hydrogen) atoms. The molecule has 1 N–H and O–H groups in total. The normalized spacial score (nSPS) is 21.7. The zero-order valence-electron chi connectivity index (χ0n) is 12.0. The number of halogens is 3. The van der Waals surface area contributed by atoms with Crippen LogP contribution >= 0.6 is 0 Å². The molecule has 1 aliphatic carbocycles. The van der Waals surface area contributed by atoms with E-state index in [9.17, 15) is 13.2 Å². The van der Waals surface area contributed by atoms with Gasteiger partial charge in [0, 0.05) is 43.7 Å². The van der Waals surface area contributed by atoms with Crippen LogP contribution in [0.3, 0.4) is 0 Å². The van der Waals surface area contributed by atoms with Crippen LogP contribution in [0.5, 0.6) is 0 Å². The van der Waals surface area contributed by atoms with Crippen LogP contribution in [0.2, 0.25) is 0 Å². The fourth-order valence-corrected chi connectivity index (χ4v) is 3.04. The third-order valence-corrected chi connectivity index (χ3v) is 4.28. The molecule has 1 unspecified atom stereocenters. The molecule has 3 rings (SSSR count). The molecule has 2 nitrogen and oxygen atoms in total. The van der Waals surface area contributed by atoms with Crippen molar-refractivity contribution in [2.75, 3.05) is 24.5 Å². The number of nitrogens with zero attached hydrogens (tertiary/aromatic N) is 1. The highest BCUT2D eigenvalue weighted by molar-refractivity contribution is 5.60. The quantitative estimate of drug-likeness (QED) is 0.862. The second kappa shape index (κ2) is 5.87. The Hall–Kier alpha value is -1.23. The molecule has 0 saturated heterocycles. The Labute approximate surface area is 123 Å². The largest absolute Gasteiger partial charge is 0.389 e. The molecule has 0 bridgehead atoms. The summed E-state index contributed by atoms with van der Waals surface area (Å²) in [5.41, 5.74) is 2.39. The van der Waals surface area contributed by atoms with E-state index in [2.05, 4.69) is 16.3 Å². The Morgan fingerprint density at radius 3 is 2.67 bits per heavy atom. The number of alkyl halides is 3. The molecule has 2 aliphatic rings. The summed E-state index contributed by atoms with van der Waals surface area (Å²) in [6, 6.07) is 8.78. The Morgan fingerprint density at radius 1 is 1.19 bits per heavy atom. The molecule has 1 saturated carbocycles. The monoisotopic (exact) mass is 298 g/mol. The summed E-state index contributed by atoms with van der Waals surface area (Å²) in [5, 5.41) is 3.53. The summed E-state index contributed by atoms with van der Waals surface area (Å²) >= 11 is 0. The molecule has 5 heteroatoms. The van der Waals surface area contributed by atoms with Crippen molar-refractivity contribution in [3.8, 4) is 0 Å². The van der Waals surface area contributed by atoms with Crippen LogP contribution < -0.4 is 10.2 Å². The summed E-state index contributed by atoms with van der Waals surface area (Å²) in [7, 11) is 0. The van der Waals surface area contributed by atoms with Crippen molar-refractivity contribution in [1.82, 2.24) is 5.32 Å². The highest BCUT2D eigenvalue weighted by atomic mass is 19.4. The molecule has 1 aliphatic heterocycles. The molecule has 0 aromatic heterocycles. The van der Waals surface area contributed by atoms with E-state index in [4.69, 9.17) is 0 Å². The lowest BCUT2D eigenvalue weighted by atomic mass is 10.0. The van der Waals surface area contributed by atoms with Gasteiger partial charge in [-0.3, -0.25) is 0 Å². The molecule has 1 heterocycles. The van der Waals surface area contributed by atoms with Gasteiger partial charge in [0.2, 0.25) is 0 Å². The van der Waals surface area contributed by atoms with Gasteiger partial charge in [-0.25, -0.2) is 0 Å². The van der Waals surface area contributed by atoms with Gasteiger partial charge in [0.1, 0.15) is 0 Å². The third-order valence-electron chi connectivity index (χ3n) is 4.28. The number of rotatable bonds is 6. The second-order valence-corrected chi connectivity index (χ2v) is 6.10. The first-order chi connectivity index (χ1) is 10.0. The van der Waals surface area contributed by atoms with E-state index >= 15 is 0 Å². The summed E-state index contributed by atoms with van der Waals surface area (Å²) < 4.78 is 36.9. The van der Waals surface area contributed by atoms with Gasteiger partial charge in [-0.2, -0.15) is 13.2 Å². The molecule has 116 valence electrons. The van der Waals surface area contributed by atoms with Crippen LogP contribution in [-0.2, 0) is 0 Å². The zero-order chi connectivity index (χ0) is 14.9. The highest BCUT2D eigenvalue weighted by Crippen LogP contribution is 2.36. The molecule has 1 fully saturated rings. The Bertz CT molecular complexity index is 483. The predicted molar refractivity (Wildman–Crippen MR) is 77.7 cm³/mol. The van der Waals surface area contributed by atoms with E-state index in [1.165, 1.54) is 18.4 Å². The molecule has 1 aromatic rings. The summed E-state index contributed by atoms with van der Waals surface area (Å²) in [6.45, 7) is 2.24. The number of hydrogen-bond acceptors (Lipinski definition) is 2. The van der Waals surface area contributed by atoms with Crippen LogP contribution in [0.4, 0.5) is 18.9 Å². The first kappa shape index (κ1) is 14.7. The van der Waals surface area contributed by atoms with Gasteiger partial charge in [0.15, 0.2) is 0 Å². The first-order valence-electron chi connectivity index (χ1n) is 7.67. The van der Waals surface area contributed by atoms with Crippen LogP contribution in [0.1, 0.15) is 37.2 Å². The Balaban J connectivity index is 1.60. The molecule has 1 atom stereocenters. The lowest BCUT2D eigenvalue weighted by Crippen LogP contribution is -2.29. The van der Waals surface area contributed by atoms with Crippen molar-refractivity contribution >= 4 is 5.69 Å². The highest BCUT2D eigenvalue weighted by Gasteiger charge is 2.31. The number of nitrogens with one attached hydrogen (secondary N) is 1. The van der Waals surface area contributed by atoms with Crippen molar-refractivity contribution in [3.05, 3.63) is 29.8 Å². The maximum absolute atomic E-state index is 12.3. The number of anilines is 1. The minimum atomic E-state index is -4.05. The fourth-order valence-electron chi connectivity index (χ4n) is 3.04. The van der Waals surface area contributed by atoms with Crippen LogP contribution in [0.25, 0.3) is 0 Å². The van der Waals surface area contributed by atoms with Gasteiger partial charge in [0.05, 0.1) is 0 Å². The van der Waals surface area contributed by atoms with E-state index in [1.54, 1.807) is 0 Å². The van der Waals surface area contributed by atoms with Gasteiger partial charge < -0.3 is 10.2 Å². The Kier molecular flexibility index (Phi) is 4.11. The van der Waals surface area contributed by atoms with E-state index in [0.717, 1.165) is 18.8 Å². The minimum absolute atomic E-state index is 0.167. The minimum Gasteiger partial charge on any atom is -0.371 e. The summed E-state index contributed by atoms with van der Waals surface area (Å²) in [5.74, 6) is 0.396. The Morgan fingerprint density at radius 2 is 1.95 bits per heavy atom. The van der Waals surface area contributed by atoms with Gasteiger partial charge in [-0.15, -0.1) is 0 Å². The first-order valence-corrected chi connectivity index (χ1v) is 7.67. The van der Waals surface area contributed by atoms with Crippen LogP contribution in [0.15, 0.2) is 24.3 Å². The van der Waals surface area contributed by atoms with Gasteiger partial charge in [-0.1, -0.05) is 18.2 Å². The fraction of sp³-hybridized carbons (Fsp3) is 0.625. The average Bonchev–Trinajstić information content (AvgIpc) is 3.19. The van der Waals surface area contributed by atoms with E-state index < -0.39 is 12.6 Å². The summed E-state index contributed by atoms with van der Waals surface area (Å²) in [4.78, 5) is 2.11. The zero-order valence-corrected chi connectivity index (χ0v) is 12.0. The molecule has 0 radical (unpaired) electrons. The number of benzene rings is 1. The van der Waals surface area contributed by atoms with Crippen molar-refractivity contribution in [3.63, 3.8) is 0 Å². The average molecular weight is 298 g/mol. The standard InChI is InChI=1S/C16H21F3N2/c17-16(18,19)8-3-9-21-11-12(10-20-13-6-7-13)14-4-1-2-5-15(14)21/h1-2,4-5,12-13,20H,3,6-11H2. The second-order valence-electron chi connectivity index (χ2n) is 6.10. The third kappa shape index (κ3) is 3.90. The van der Waals surface area contributed by atoms with Crippen molar-refractivity contribution in [2.24, 2.45) is 0 Å². The van der Waals surface area contributed by atoms with Gasteiger partial charge in [0.25, 0.3) is 0 Å². The van der Waals surface area contributed by atoms with Crippen LogP contribution in [-0.4, -0.2) is 31.9 Å². The van der Waals surface area contributed by atoms with Crippen molar-refractivity contribution < 1.29 is 13.2 Å². The van der Waals surface area contributed by atoms with E-state index in [0.29, 0.717) is 18.5 Å². The summed E-state index contributed by atoms with van der Waals surface area (Å²) in [6.07, 6.45) is -2.07. The predicted octanol–water partition coefficient (Wildman–Crippen LogP) is 3.68. The lowest BCUT2D eigenvalue weighted by Gasteiger charge is -2.20. The van der Waals surface area contributed by atoms with E-state index in [1.807, 2.05) is 18.2 Å². The topological polar surface area (TPSA) is 15.3 Å². The molecular formula is C16H21F3N2.